The molecule has 3 rings (SSSR count). The van der Waals surface area contributed by atoms with Gasteiger partial charge in [-0.1, -0.05) is 35.4 Å². The second-order valence-electron chi connectivity index (χ2n) is 6.24. The molecule has 0 atom stereocenters. The van der Waals surface area contributed by atoms with Crippen molar-refractivity contribution in [2.75, 3.05) is 5.32 Å². The van der Waals surface area contributed by atoms with Crippen LogP contribution in [0.4, 0.5) is 11.4 Å². The Morgan fingerprint density at radius 1 is 0.963 bits per heavy atom. The van der Waals surface area contributed by atoms with Gasteiger partial charge in [-0.15, -0.1) is 0 Å². The second kappa shape index (κ2) is 7.29. The highest BCUT2D eigenvalue weighted by Gasteiger charge is 2.32. The zero-order valence-electron chi connectivity index (χ0n) is 14.9. The third-order valence-corrected chi connectivity index (χ3v) is 4.06. The number of benzene rings is 2. The Hall–Kier alpha value is -3.67. The molecule has 1 aliphatic rings. The summed E-state index contributed by atoms with van der Waals surface area (Å²) in [5.74, 6) is -2.56. The highest BCUT2D eigenvalue weighted by atomic mass is 16.4. The fourth-order valence-electron chi connectivity index (χ4n) is 2.59. The lowest BCUT2D eigenvalue weighted by Crippen LogP contribution is -2.28. The maximum Gasteiger partial charge on any atom is 0.341 e. The lowest BCUT2D eigenvalue weighted by atomic mass is 9.97. The van der Waals surface area contributed by atoms with E-state index in [2.05, 4.69) is 10.3 Å². The number of aliphatic imine (C=N–C) groups is 1. The molecule has 0 amide bonds. The number of hydrogen-bond donors (Lipinski definition) is 3. The van der Waals surface area contributed by atoms with Crippen LogP contribution in [0.5, 0.6) is 0 Å². The van der Waals surface area contributed by atoms with Crippen molar-refractivity contribution in [2.45, 2.75) is 13.8 Å². The summed E-state index contributed by atoms with van der Waals surface area (Å²) in [6.45, 7) is 3.84. The van der Waals surface area contributed by atoms with Crippen molar-refractivity contribution in [3.05, 3.63) is 82.8 Å². The molecule has 0 bridgehead atoms. The van der Waals surface area contributed by atoms with Crippen molar-refractivity contribution in [1.29, 1.82) is 0 Å². The third kappa shape index (κ3) is 3.95. The molecule has 0 spiro atoms. The molecule has 27 heavy (non-hydrogen) atoms. The third-order valence-electron chi connectivity index (χ3n) is 4.06. The van der Waals surface area contributed by atoms with Gasteiger partial charge < -0.3 is 15.5 Å². The Balaban J connectivity index is 2.01. The molecule has 0 fully saturated rings. The molecule has 1 aliphatic carbocycles. The van der Waals surface area contributed by atoms with Crippen LogP contribution in [-0.2, 0) is 9.59 Å². The van der Waals surface area contributed by atoms with E-state index in [-0.39, 0.29) is 11.4 Å². The predicted molar refractivity (Wildman–Crippen MR) is 103 cm³/mol. The van der Waals surface area contributed by atoms with Crippen LogP contribution in [0.2, 0.25) is 0 Å². The Bertz CT molecular complexity index is 997. The van der Waals surface area contributed by atoms with Gasteiger partial charge in [0.25, 0.3) is 0 Å². The molecule has 136 valence electrons. The number of aliphatic hydroxyl groups is 1. The van der Waals surface area contributed by atoms with E-state index < -0.39 is 23.1 Å². The number of allylic oxidation sites excluding steroid dienone is 1. The van der Waals surface area contributed by atoms with E-state index in [9.17, 15) is 19.8 Å². The molecule has 6 nitrogen and oxygen atoms in total. The van der Waals surface area contributed by atoms with E-state index in [1.807, 2.05) is 26.0 Å². The van der Waals surface area contributed by atoms with E-state index in [4.69, 9.17) is 0 Å². The monoisotopic (exact) mass is 362 g/mol. The topological polar surface area (TPSA) is 99.0 Å². The molecule has 0 aliphatic heterocycles. The fourth-order valence-corrected chi connectivity index (χ4v) is 2.59. The first kappa shape index (κ1) is 18.1. The summed E-state index contributed by atoms with van der Waals surface area (Å²) in [4.78, 5) is 28.4. The summed E-state index contributed by atoms with van der Waals surface area (Å²) >= 11 is 0. The van der Waals surface area contributed by atoms with Crippen molar-refractivity contribution in [3.8, 4) is 0 Å². The van der Waals surface area contributed by atoms with Crippen molar-refractivity contribution in [2.24, 2.45) is 4.99 Å². The summed E-state index contributed by atoms with van der Waals surface area (Å²) in [6, 6.07) is 14.2. The summed E-state index contributed by atoms with van der Waals surface area (Å²) < 4.78 is 0. The lowest BCUT2D eigenvalue weighted by molar-refractivity contribution is -0.132. The van der Waals surface area contributed by atoms with Crippen LogP contribution in [0, 0.1) is 13.8 Å². The molecular weight excluding hydrogens is 344 g/mol. The van der Waals surface area contributed by atoms with Crippen molar-refractivity contribution in [3.63, 3.8) is 0 Å². The summed E-state index contributed by atoms with van der Waals surface area (Å²) in [5.41, 5.74) is 2.29. The van der Waals surface area contributed by atoms with Gasteiger partial charge in [-0.3, -0.25) is 4.79 Å². The highest BCUT2D eigenvalue weighted by molar-refractivity contribution is 6.55. The Labute approximate surface area is 156 Å². The van der Waals surface area contributed by atoms with Crippen LogP contribution in [-0.4, -0.2) is 27.7 Å². The van der Waals surface area contributed by atoms with Crippen LogP contribution in [0.1, 0.15) is 11.1 Å². The van der Waals surface area contributed by atoms with Gasteiger partial charge in [0.05, 0.1) is 11.4 Å². The van der Waals surface area contributed by atoms with Gasteiger partial charge >= 0.3 is 5.97 Å². The molecule has 6 heteroatoms. The molecule has 2 aromatic rings. The van der Waals surface area contributed by atoms with Crippen LogP contribution >= 0.6 is 0 Å². The minimum Gasteiger partial charge on any atom is -0.505 e. The zero-order chi connectivity index (χ0) is 19.6. The molecule has 3 N–H and O–H groups in total. The van der Waals surface area contributed by atoms with Gasteiger partial charge in [0.2, 0.25) is 5.78 Å². The summed E-state index contributed by atoms with van der Waals surface area (Å²) in [7, 11) is 0. The van der Waals surface area contributed by atoms with Crippen molar-refractivity contribution >= 4 is 28.8 Å². The van der Waals surface area contributed by atoms with Crippen LogP contribution < -0.4 is 5.32 Å². The molecule has 0 radical (unpaired) electrons. The van der Waals surface area contributed by atoms with E-state index >= 15 is 0 Å². The number of aliphatic hydroxyl groups excluding tert-OH is 1. The van der Waals surface area contributed by atoms with Gasteiger partial charge in [0.15, 0.2) is 5.76 Å². The number of carboxylic acids is 1. The smallest absolute Gasteiger partial charge is 0.341 e. The van der Waals surface area contributed by atoms with Gasteiger partial charge in [0.1, 0.15) is 11.3 Å². The number of anilines is 1. The quantitative estimate of drug-likeness (QED) is 0.718. The SMILES string of the molecule is Cc1ccc(N=C2C(=O)C=C(Nc3ccc(C)cc3)C(O)=C2C(=O)O)cc1. The second-order valence-corrected chi connectivity index (χ2v) is 6.24. The number of aryl methyl sites for hydroxylation is 2. The number of ketones is 1. The van der Waals surface area contributed by atoms with Gasteiger partial charge in [-0.05, 0) is 38.1 Å². The van der Waals surface area contributed by atoms with Crippen LogP contribution in [0.15, 0.2) is 76.6 Å². The maximum atomic E-state index is 12.5. The molecule has 0 heterocycles. The number of nitrogens with zero attached hydrogens (tertiary/aromatic N) is 1. The number of aliphatic carboxylic acids is 1. The van der Waals surface area contributed by atoms with Gasteiger partial charge in [0, 0.05) is 11.8 Å². The average Bonchev–Trinajstić information content (AvgIpc) is 2.62. The number of rotatable bonds is 4. The predicted octanol–water partition coefficient (Wildman–Crippen LogP) is 3.85. The molecule has 0 aromatic heterocycles. The fraction of sp³-hybridized carbons (Fsp3) is 0.0952. The number of hydrogen-bond acceptors (Lipinski definition) is 5. The van der Waals surface area contributed by atoms with Crippen LogP contribution in [0.3, 0.4) is 0 Å². The summed E-state index contributed by atoms with van der Waals surface area (Å²) in [6.07, 6.45) is 1.15. The zero-order valence-corrected chi connectivity index (χ0v) is 14.9. The van der Waals surface area contributed by atoms with Crippen molar-refractivity contribution in [1.82, 2.24) is 0 Å². The lowest BCUT2D eigenvalue weighted by Gasteiger charge is -2.18. The molecule has 0 saturated heterocycles. The number of nitrogens with one attached hydrogen (secondary N) is 1. The van der Waals surface area contributed by atoms with Gasteiger partial charge in [-0.25, -0.2) is 9.79 Å². The molecule has 0 unspecified atom stereocenters. The van der Waals surface area contributed by atoms with E-state index in [0.717, 1.165) is 17.2 Å². The number of carboxylic acid groups (broad SMARTS) is 1. The first-order chi connectivity index (χ1) is 12.8. The Morgan fingerprint density at radius 2 is 1.52 bits per heavy atom. The Morgan fingerprint density at radius 3 is 2.07 bits per heavy atom. The van der Waals surface area contributed by atoms with Gasteiger partial charge in [-0.2, -0.15) is 0 Å². The highest BCUT2D eigenvalue weighted by Crippen LogP contribution is 2.25. The maximum absolute atomic E-state index is 12.5. The molecular formula is C21H18N2O4. The molecule has 0 saturated carbocycles. The Kier molecular flexibility index (Phi) is 4.90. The average molecular weight is 362 g/mol. The first-order valence-corrected chi connectivity index (χ1v) is 8.27. The molecule has 2 aromatic carbocycles. The normalized spacial score (nSPS) is 15.7. The first-order valence-electron chi connectivity index (χ1n) is 8.27. The standard InChI is InChI=1S/C21H18N2O4/c1-12-3-7-14(8-4-12)22-16-11-17(24)19(18(20(16)25)21(26)27)23-15-9-5-13(2)6-10-15/h3-11,22,25H,1-2H3,(H,26,27). The van der Waals surface area contributed by atoms with E-state index in [1.165, 1.54) is 0 Å². The van der Waals surface area contributed by atoms with E-state index in [0.29, 0.717) is 11.4 Å². The van der Waals surface area contributed by atoms with Crippen LogP contribution in [0.25, 0.3) is 0 Å². The number of carbonyl (C=O) groups excluding carboxylic acids is 1. The number of carbonyl (C=O) groups is 2. The minimum atomic E-state index is -1.43. The van der Waals surface area contributed by atoms with Crippen molar-refractivity contribution < 1.29 is 19.8 Å². The van der Waals surface area contributed by atoms with E-state index in [1.54, 1.807) is 36.4 Å². The largest absolute Gasteiger partial charge is 0.505 e. The minimum absolute atomic E-state index is 0.0177. The summed E-state index contributed by atoms with van der Waals surface area (Å²) in [5, 5.41) is 22.9.